The second-order valence-electron chi connectivity index (χ2n) is 14.0. The van der Waals surface area contributed by atoms with Gasteiger partial charge in [-0.25, -0.2) is 0 Å². The van der Waals surface area contributed by atoms with Crippen LogP contribution in [0.1, 0.15) is 22.3 Å². The van der Waals surface area contributed by atoms with Crippen LogP contribution in [0.2, 0.25) is 0 Å². The first-order valence-corrected chi connectivity index (χ1v) is 17.6. The highest BCUT2D eigenvalue weighted by molar-refractivity contribution is 7.00. The zero-order valence-corrected chi connectivity index (χ0v) is 28.8. The van der Waals surface area contributed by atoms with E-state index in [0.717, 1.165) is 5.69 Å². The van der Waals surface area contributed by atoms with Crippen molar-refractivity contribution in [1.29, 1.82) is 0 Å². The summed E-state index contributed by atoms with van der Waals surface area (Å²) in [7, 11) is 0. The molecule has 3 nitrogen and oxygen atoms in total. The van der Waals surface area contributed by atoms with Gasteiger partial charge in [0.1, 0.15) is 0 Å². The third-order valence-electron chi connectivity index (χ3n) is 11.0. The van der Waals surface area contributed by atoms with E-state index in [1.165, 1.54) is 94.6 Å². The van der Waals surface area contributed by atoms with Crippen molar-refractivity contribution in [2.45, 2.75) is 27.7 Å². The summed E-state index contributed by atoms with van der Waals surface area (Å²) >= 11 is 0. The van der Waals surface area contributed by atoms with Gasteiger partial charge in [0.25, 0.3) is 6.71 Å². The number of hydrogen-bond donors (Lipinski definition) is 0. The second-order valence-corrected chi connectivity index (χ2v) is 14.0. The van der Waals surface area contributed by atoms with E-state index in [1.54, 1.807) is 0 Å². The fraction of sp³-hybridized carbons (Fsp3) is 0.0870. The van der Waals surface area contributed by atoms with E-state index in [9.17, 15) is 0 Å². The molecule has 0 bridgehead atoms. The number of fused-ring (bicyclic) bond motifs is 7. The normalized spacial score (nSPS) is 13.1. The highest BCUT2D eigenvalue weighted by Crippen LogP contribution is 2.48. The summed E-state index contributed by atoms with van der Waals surface area (Å²) in [4.78, 5) is 5.12. The molecule has 0 aliphatic carbocycles. The Hall–Kier alpha value is -6.00. The Balaban J connectivity index is 1.41. The summed E-state index contributed by atoms with van der Waals surface area (Å²) < 4.78 is 2.48. The van der Waals surface area contributed by atoms with Crippen LogP contribution in [0.15, 0.2) is 146 Å². The lowest BCUT2D eigenvalue weighted by Gasteiger charge is -2.46. The van der Waals surface area contributed by atoms with Gasteiger partial charge in [0.15, 0.2) is 0 Å². The molecule has 4 heteroatoms. The molecule has 0 amide bonds. The van der Waals surface area contributed by atoms with Gasteiger partial charge in [-0.15, -0.1) is 0 Å². The summed E-state index contributed by atoms with van der Waals surface area (Å²) in [5.74, 6) is 0. The van der Waals surface area contributed by atoms with Gasteiger partial charge in [-0.05, 0) is 103 Å². The van der Waals surface area contributed by atoms with Crippen molar-refractivity contribution >= 4 is 79.0 Å². The maximum absolute atomic E-state index is 2.56. The SMILES string of the molecule is Cc1ccccc1N1c2cc(-n3c4ccccc4c4ccccc43)cc3c2B(c2cccc(C)c21)c1cccc(C)c1N3c1ccccc1C. The number of aryl methyl sites for hydroxylation is 4. The number of nitrogens with zero attached hydrogens (tertiary/aromatic N) is 3. The van der Waals surface area contributed by atoms with E-state index >= 15 is 0 Å². The first kappa shape index (κ1) is 29.0. The average Bonchev–Trinajstić information content (AvgIpc) is 3.47. The lowest BCUT2D eigenvalue weighted by Crippen LogP contribution is -2.61. The van der Waals surface area contributed by atoms with Crippen LogP contribution >= 0.6 is 0 Å². The van der Waals surface area contributed by atoms with Crippen molar-refractivity contribution in [3.05, 3.63) is 168 Å². The van der Waals surface area contributed by atoms with Gasteiger partial charge in [-0.2, -0.15) is 0 Å². The molecular weight excluding hydrogens is 605 g/mol. The zero-order valence-electron chi connectivity index (χ0n) is 28.8. The molecule has 0 spiro atoms. The Morgan fingerprint density at radius 2 is 0.820 bits per heavy atom. The molecule has 50 heavy (non-hydrogen) atoms. The molecule has 3 heterocycles. The quantitative estimate of drug-likeness (QED) is 0.178. The smallest absolute Gasteiger partial charge is 0.252 e. The summed E-state index contributed by atoms with van der Waals surface area (Å²) in [6, 6.07) is 54.0. The van der Waals surface area contributed by atoms with E-state index in [2.05, 4.69) is 188 Å². The van der Waals surface area contributed by atoms with E-state index in [0.29, 0.717) is 0 Å². The molecule has 2 aliphatic rings. The average molecular weight is 642 g/mol. The maximum Gasteiger partial charge on any atom is 0.252 e. The number of aromatic nitrogens is 1. The van der Waals surface area contributed by atoms with Crippen LogP contribution in [0.3, 0.4) is 0 Å². The molecule has 238 valence electrons. The maximum atomic E-state index is 2.56. The van der Waals surface area contributed by atoms with E-state index in [1.807, 2.05) is 0 Å². The van der Waals surface area contributed by atoms with Crippen LogP contribution in [0.5, 0.6) is 0 Å². The molecule has 0 saturated heterocycles. The van der Waals surface area contributed by atoms with Crippen LogP contribution in [-0.2, 0) is 0 Å². The summed E-state index contributed by atoms with van der Waals surface area (Å²) in [5.41, 5.74) is 20.1. The molecule has 8 aromatic rings. The Kier molecular flexibility index (Phi) is 6.23. The van der Waals surface area contributed by atoms with E-state index in [4.69, 9.17) is 0 Å². The Labute approximate surface area is 293 Å². The summed E-state index contributed by atoms with van der Waals surface area (Å²) in [6.45, 7) is 9.10. The molecular formula is C46H36BN3. The van der Waals surface area contributed by atoms with Crippen molar-refractivity contribution in [3.63, 3.8) is 0 Å². The third kappa shape index (κ3) is 3.93. The van der Waals surface area contributed by atoms with E-state index in [-0.39, 0.29) is 6.71 Å². The third-order valence-corrected chi connectivity index (χ3v) is 11.0. The molecule has 0 radical (unpaired) electrons. The Morgan fingerprint density at radius 1 is 0.400 bits per heavy atom. The fourth-order valence-corrected chi connectivity index (χ4v) is 8.89. The van der Waals surface area contributed by atoms with Crippen LogP contribution in [0.25, 0.3) is 27.5 Å². The van der Waals surface area contributed by atoms with Crippen molar-refractivity contribution in [2.24, 2.45) is 0 Å². The standard InChI is InChI=1S/C46H36BN3/c1-29-15-5-9-23-38(29)49-42-27-33(48-40-25-11-7-19-34(40)35-20-8-12-26-41(35)48)28-43-44(42)47(36-21-13-17-31(3)45(36)49)37-22-14-18-32(4)46(37)50(43)39-24-10-6-16-30(39)2/h5-28H,1-4H3. The van der Waals surface area contributed by atoms with Crippen molar-refractivity contribution in [1.82, 2.24) is 4.57 Å². The molecule has 0 saturated carbocycles. The lowest BCUT2D eigenvalue weighted by molar-refractivity contribution is 1.15. The second kappa shape index (κ2) is 10.8. The van der Waals surface area contributed by atoms with Crippen LogP contribution in [0.4, 0.5) is 34.1 Å². The molecule has 0 unspecified atom stereocenters. The number of anilines is 6. The topological polar surface area (TPSA) is 11.4 Å². The number of benzene rings is 7. The number of rotatable bonds is 3. The van der Waals surface area contributed by atoms with Crippen molar-refractivity contribution < 1.29 is 0 Å². The van der Waals surface area contributed by atoms with Gasteiger partial charge in [0.2, 0.25) is 0 Å². The fourth-order valence-electron chi connectivity index (χ4n) is 8.89. The molecule has 2 aliphatic heterocycles. The van der Waals surface area contributed by atoms with E-state index < -0.39 is 0 Å². The highest BCUT2D eigenvalue weighted by Gasteiger charge is 2.44. The Bertz CT molecular complexity index is 2510. The monoisotopic (exact) mass is 641 g/mol. The summed E-state index contributed by atoms with van der Waals surface area (Å²) in [5, 5.41) is 2.53. The lowest BCUT2D eigenvalue weighted by atomic mass is 9.33. The van der Waals surface area contributed by atoms with Crippen molar-refractivity contribution in [3.8, 4) is 5.69 Å². The number of para-hydroxylation sites is 6. The molecule has 1 aromatic heterocycles. The van der Waals surface area contributed by atoms with Crippen LogP contribution < -0.4 is 26.2 Å². The van der Waals surface area contributed by atoms with Crippen LogP contribution in [-0.4, -0.2) is 11.3 Å². The molecule has 7 aromatic carbocycles. The Morgan fingerprint density at radius 3 is 1.30 bits per heavy atom. The predicted molar refractivity (Wildman–Crippen MR) is 214 cm³/mol. The largest absolute Gasteiger partial charge is 0.311 e. The minimum atomic E-state index is 0.0811. The van der Waals surface area contributed by atoms with Gasteiger partial charge >= 0.3 is 0 Å². The van der Waals surface area contributed by atoms with Gasteiger partial charge in [-0.3, -0.25) is 0 Å². The highest BCUT2D eigenvalue weighted by atomic mass is 15.2. The zero-order chi connectivity index (χ0) is 33.7. The van der Waals surface area contributed by atoms with Gasteiger partial charge in [0, 0.05) is 44.9 Å². The summed E-state index contributed by atoms with van der Waals surface area (Å²) in [6.07, 6.45) is 0. The van der Waals surface area contributed by atoms with Gasteiger partial charge in [0.05, 0.1) is 16.7 Å². The van der Waals surface area contributed by atoms with Crippen molar-refractivity contribution in [2.75, 3.05) is 9.80 Å². The van der Waals surface area contributed by atoms with Crippen LogP contribution in [0, 0.1) is 27.7 Å². The van der Waals surface area contributed by atoms with Gasteiger partial charge in [-0.1, -0.05) is 109 Å². The first-order valence-electron chi connectivity index (χ1n) is 17.6. The first-order chi connectivity index (χ1) is 24.5. The molecule has 0 atom stereocenters. The molecule has 10 rings (SSSR count). The number of hydrogen-bond acceptors (Lipinski definition) is 2. The molecule has 0 fully saturated rings. The van der Waals surface area contributed by atoms with Gasteiger partial charge < -0.3 is 14.4 Å². The molecule has 0 N–H and O–H groups in total. The minimum Gasteiger partial charge on any atom is -0.311 e. The minimum absolute atomic E-state index is 0.0811. The predicted octanol–water partition coefficient (Wildman–Crippen LogP) is 10.1.